The molecule has 76 valence electrons. The lowest BCUT2D eigenvalue weighted by Crippen LogP contribution is -2.04. The van der Waals surface area contributed by atoms with Gasteiger partial charge in [0, 0.05) is 0 Å². The average Bonchev–Trinajstić information content (AvgIpc) is 2.20. The third-order valence-electron chi connectivity index (χ3n) is 1.66. The predicted octanol–water partition coefficient (Wildman–Crippen LogP) is 3.02. The maximum atomic E-state index is 13.2. The Bertz CT molecular complexity index is 368. The van der Waals surface area contributed by atoms with Crippen molar-refractivity contribution in [1.82, 2.24) is 0 Å². The highest BCUT2D eigenvalue weighted by molar-refractivity contribution is 14.1. The molecule has 0 saturated carbocycles. The van der Waals surface area contributed by atoms with E-state index in [9.17, 15) is 9.18 Å². The first-order valence-electron chi connectivity index (χ1n) is 3.72. The van der Waals surface area contributed by atoms with E-state index in [4.69, 9.17) is 4.74 Å². The zero-order valence-electron chi connectivity index (χ0n) is 7.31. The van der Waals surface area contributed by atoms with Crippen LogP contribution in [0.3, 0.4) is 0 Å². The molecular formula is C9H7BrFIO2. The van der Waals surface area contributed by atoms with Crippen LogP contribution in [0.2, 0.25) is 0 Å². The van der Waals surface area contributed by atoms with Crippen molar-refractivity contribution in [3.8, 4) is 5.75 Å². The van der Waals surface area contributed by atoms with Crippen LogP contribution in [-0.4, -0.2) is 18.2 Å². The van der Waals surface area contributed by atoms with E-state index >= 15 is 0 Å². The molecule has 1 rings (SSSR count). The number of halogens is 3. The SMILES string of the molecule is COc1cc(I)c(F)cc1C(=O)CBr. The maximum absolute atomic E-state index is 13.2. The number of methoxy groups -OCH3 is 1. The molecule has 0 aromatic heterocycles. The fourth-order valence-electron chi connectivity index (χ4n) is 0.987. The Balaban J connectivity index is 3.27. The summed E-state index contributed by atoms with van der Waals surface area (Å²) in [6, 6.07) is 2.70. The molecule has 0 unspecified atom stereocenters. The lowest BCUT2D eigenvalue weighted by molar-refractivity contribution is 0.102. The number of alkyl halides is 1. The van der Waals surface area contributed by atoms with E-state index in [0.29, 0.717) is 9.32 Å². The summed E-state index contributed by atoms with van der Waals surface area (Å²) in [5, 5.41) is 0.156. The molecule has 1 aromatic rings. The first-order chi connectivity index (χ1) is 6.60. The standard InChI is InChI=1S/C9H7BrFIO2/c1-14-9-3-7(12)6(11)2-5(9)8(13)4-10/h2-3H,4H2,1H3. The van der Waals surface area contributed by atoms with Crippen molar-refractivity contribution in [3.63, 3.8) is 0 Å². The van der Waals surface area contributed by atoms with Gasteiger partial charge in [-0.15, -0.1) is 0 Å². The van der Waals surface area contributed by atoms with Crippen LogP contribution in [0.4, 0.5) is 4.39 Å². The van der Waals surface area contributed by atoms with Gasteiger partial charge in [-0.1, -0.05) is 15.9 Å². The molecule has 1 aromatic carbocycles. The predicted molar refractivity (Wildman–Crippen MR) is 63.8 cm³/mol. The Morgan fingerprint density at radius 1 is 1.64 bits per heavy atom. The quantitative estimate of drug-likeness (QED) is 0.463. The summed E-state index contributed by atoms with van der Waals surface area (Å²) in [5.74, 6) is -0.201. The number of ether oxygens (including phenoxy) is 1. The monoisotopic (exact) mass is 372 g/mol. The lowest BCUT2D eigenvalue weighted by Gasteiger charge is -2.07. The molecule has 0 atom stereocenters. The second-order valence-electron chi connectivity index (χ2n) is 2.52. The van der Waals surface area contributed by atoms with Crippen LogP contribution in [-0.2, 0) is 0 Å². The van der Waals surface area contributed by atoms with Gasteiger partial charge in [0.05, 0.1) is 21.6 Å². The van der Waals surface area contributed by atoms with E-state index < -0.39 is 5.82 Å². The second kappa shape index (κ2) is 5.06. The summed E-state index contributed by atoms with van der Waals surface area (Å²) in [5.41, 5.74) is 0.266. The van der Waals surface area contributed by atoms with Crippen LogP contribution in [0.25, 0.3) is 0 Å². The molecule has 0 aliphatic heterocycles. The Morgan fingerprint density at radius 3 is 2.79 bits per heavy atom. The third-order valence-corrected chi connectivity index (χ3v) is 3.00. The van der Waals surface area contributed by atoms with Crippen LogP contribution in [0.5, 0.6) is 5.75 Å². The molecule has 0 N–H and O–H groups in total. The molecule has 0 amide bonds. The molecule has 14 heavy (non-hydrogen) atoms. The van der Waals surface area contributed by atoms with E-state index in [-0.39, 0.29) is 16.7 Å². The van der Waals surface area contributed by atoms with E-state index in [1.807, 2.05) is 22.6 Å². The number of hydrogen-bond donors (Lipinski definition) is 0. The molecule has 0 aliphatic rings. The lowest BCUT2D eigenvalue weighted by atomic mass is 10.1. The number of ketones is 1. The summed E-state index contributed by atoms with van der Waals surface area (Å²) in [4.78, 5) is 11.4. The molecule has 0 heterocycles. The van der Waals surface area contributed by atoms with Gasteiger partial charge in [0.1, 0.15) is 11.6 Å². The van der Waals surface area contributed by atoms with Gasteiger partial charge in [0.25, 0.3) is 0 Å². The molecule has 0 aliphatic carbocycles. The van der Waals surface area contributed by atoms with E-state index in [1.54, 1.807) is 0 Å². The minimum Gasteiger partial charge on any atom is -0.496 e. The second-order valence-corrected chi connectivity index (χ2v) is 4.25. The van der Waals surface area contributed by atoms with Crippen LogP contribution >= 0.6 is 38.5 Å². The largest absolute Gasteiger partial charge is 0.496 e. The van der Waals surface area contributed by atoms with Crippen LogP contribution < -0.4 is 4.74 Å². The summed E-state index contributed by atoms with van der Waals surface area (Å²) in [6.45, 7) is 0. The van der Waals surface area contributed by atoms with Gasteiger partial charge >= 0.3 is 0 Å². The van der Waals surface area contributed by atoms with Gasteiger partial charge in [-0.3, -0.25) is 4.79 Å². The maximum Gasteiger partial charge on any atom is 0.177 e. The van der Waals surface area contributed by atoms with Crippen molar-refractivity contribution in [2.75, 3.05) is 12.4 Å². The van der Waals surface area contributed by atoms with Gasteiger partial charge in [0.2, 0.25) is 0 Å². The van der Waals surface area contributed by atoms with Gasteiger partial charge in [-0.2, -0.15) is 0 Å². The number of rotatable bonds is 3. The van der Waals surface area contributed by atoms with Crippen molar-refractivity contribution in [2.24, 2.45) is 0 Å². The van der Waals surface area contributed by atoms with Crippen LogP contribution in [0, 0.1) is 9.39 Å². The summed E-state index contributed by atoms with van der Waals surface area (Å²) >= 11 is 4.88. The van der Waals surface area contributed by atoms with Gasteiger partial charge in [-0.25, -0.2) is 4.39 Å². The zero-order valence-corrected chi connectivity index (χ0v) is 11.1. The van der Waals surface area contributed by atoms with E-state index in [2.05, 4.69) is 15.9 Å². The molecule has 2 nitrogen and oxygen atoms in total. The van der Waals surface area contributed by atoms with Crippen molar-refractivity contribution in [2.45, 2.75) is 0 Å². The Morgan fingerprint density at radius 2 is 2.29 bits per heavy atom. The highest BCUT2D eigenvalue weighted by atomic mass is 127. The van der Waals surface area contributed by atoms with Gasteiger partial charge < -0.3 is 4.74 Å². The highest BCUT2D eigenvalue weighted by Gasteiger charge is 2.14. The Hall–Kier alpha value is -0.170. The minimum absolute atomic E-state index is 0.156. The first kappa shape index (κ1) is 11.9. The van der Waals surface area contributed by atoms with Crippen molar-refractivity contribution >= 4 is 44.3 Å². The Kier molecular flexibility index (Phi) is 4.31. The summed E-state index contributed by atoms with van der Waals surface area (Å²) in [7, 11) is 1.45. The molecular weight excluding hydrogens is 366 g/mol. The first-order valence-corrected chi connectivity index (χ1v) is 5.92. The smallest absolute Gasteiger partial charge is 0.177 e. The minimum atomic E-state index is -0.407. The van der Waals surface area contributed by atoms with Crippen molar-refractivity contribution in [3.05, 3.63) is 27.1 Å². The third kappa shape index (κ3) is 2.44. The zero-order chi connectivity index (χ0) is 10.7. The fraction of sp³-hybridized carbons (Fsp3) is 0.222. The Labute approximate surface area is 103 Å². The molecule has 5 heteroatoms. The molecule has 0 fully saturated rings. The molecule has 0 saturated heterocycles. The number of carbonyl (C=O) groups excluding carboxylic acids is 1. The fourth-order valence-corrected chi connectivity index (χ4v) is 1.73. The summed E-state index contributed by atoms with van der Waals surface area (Å²) in [6.07, 6.45) is 0. The number of Topliss-reactive ketones (excluding diaryl/α,β-unsaturated/α-hetero) is 1. The topological polar surface area (TPSA) is 26.3 Å². The van der Waals surface area contributed by atoms with Crippen molar-refractivity contribution in [1.29, 1.82) is 0 Å². The normalized spacial score (nSPS) is 10.0. The van der Waals surface area contributed by atoms with Gasteiger partial charge in [-0.05, 0) is 34.7 Å². The molecule has 0 spiro atoms. The van der Waals surface area contributed by atoms with Crippen LogP contribution in [0.15, 0.2) is 12.1 Å². The highest BCUT2D eigenvalue weighted by Crippen LogP contribution is 2.24. The van der Waals surface area contributed by atoms with Crippen LogP contribution in [0.1, 0.15) is 10.4 Å². The summed E-state index contributed by atoms with van der Waals surface area (Å²) < 4.78 is 18.6. The van der Waals surface area contributed by atoms with E-state index in [1.165, 1.54) is 19.2 Å². The number of hydrogen-bond acceptors (Lipinski definition) is 2. The number of benzene rings is 1. The van der Waals surface area contributed by atoms with E-state index in [0.717, 1.165) is 0 Å². The average molecular weight is 373 g/mol. The molecule has 0 bridgehead atoms. The van der Waals surface area contributed by atoms with Gasteiger partial charge in [0.15, 0.2) is 5.78 Å². The molecule has 0 radical (unpaired) electrons. The number of carbonyl (C=O) groups is 1. The van der Waals surface area contributed by atoms with Crippen molar-refractivity contribution < 1.29 is 13.9 Å².